The zero-order valence-electron chi connectivity index (χ0n) is 28.3. The van der Waals surface area contributed by atoms with Gasteiger partial charge in [-0.1, -0.05) is 13.0 Å². The fourth-order valence-electron chi connectivity index (χ4n) is 8.12. The molecule has 0 radical (unpaired) electrons. The molecule has 5 aromatic rings. The third kappa shape index (κ3) is 5.02. The molecule has 0 bridgehead atoms. The average molecular weight is 687 g/mol. The van der Waals surface area contributed by atoms with E-state index in [1.54, 1.807) is 31.9 Å². The van der Waals surface area contributed by atoms with Crippen molar-refractivity contribution in [3.63, 3.8) is 0 Å². The number of carbonyl (C=O) groups is 1. The van der Waals surface area contributed by atoms with Crippen LogP contribution in [0.5, 0.6) is 11.8 Å². The number of aryl methyl sites for hydroxylation is 2. The topological polar surface area (TPSA) is 113 Å². The number of rotatable bonds is 7. The number of pyridine rings is 1. The number of phenols is 1. The first-order valence-electron chi connectivity index (χ1n) is 16.8. The number of carbonyl (C=O) groups excluding carboxylic acids is 1. The van der Waals surface area contributed by atoms with Crippen LogP contribution in [0.2, 0.25) is 0 Å². The van der Waals surface area contributed by atoms with E-state index < -0.39 is 23.3 Å². The van der Waals surface area contributed by atoms with Crippen LogP contribution in [0.15, 0.2) is 30.5 Å². The lowest BCUT2D eigenvalue weighted by atomic mass is 9.94. The number of ether oxygens (including phenoxy) is 1. The van der Waals surface area contributed by atoms with Crippen LogP contribution in [-0.2, 0) is 26.6 Å². The molecular weight excluding hydrogens is 649 g/mol. The molecule has 0 unspecified atom stereocenters. The summed E-state index contributed by atoms with van der Waals surface area (Å²) in [5.41, 5.74) is 1.81. The van der Waals surface area contributed by atoms with E-state index in [0.717, 1.165) is 30.6 Å². The number of anilines is 1. The van der Waals surface area contributed by atoms with Gasteiger partial charge < -0.3 is 19.6 Å². The number of fused-ring (bicyclic) bond motifs is 4. The first-order chi connectivity index (χ1) is 24.0. The van der Waals surface area contributed by atoms with Crippen LogP contribution in [0.25, 0.3) is 32.9 Å². The highest BCUT2D eigenvalue weighted by molar-refractivity contribution is 6.02. The number of amides is 1. The van der Waals surface area contributed by atoms with E-state index in [1.165, 1.54) is 29.3 Å². The van der Waals surface area contributed by atoms with Crippen molar-refractivity contribution in [2.75, 3.05) is 38.7 Å². The van der Waals surface area contributed by atoms with E-state index in [2.05, 4.69) is 20.0 Å². The zero-order chi connectivity index (χ0) is 35.1. The maximum atomic E-state index is 17.0. The van der Waals surface area contributed by atoms with Gasteiger partial charge in [0, 0.05) is 58.0 Å². The van der Waals surface area contributed by atoms with E-state index in [9.17, 15) is 14.3 Å². The molecule has 2 fully saturated rings. The molecule has 3 aliphatic heterocycles. The highest BCUT2D eigenvalue weighted by Crippen LogP contribution is 2.42. The number of halogens is 3. The van der Waals surface area contributed by atoms with Crippen LogP contribution in [0.3, 0.4) is 0 Å². The minimum absolute atomic E-state index is 0.0739. The maximum absolute atomic E-state index is 17.0. The first kappa shape index (κ1) is 32.2. The minimum atomic E-state index is -0.955. The van der Waals surface area contributed by atoms with Crippen LogP contribution < -0.4 is 9.64 Å². The van der Waals surface area contributed by atoms with Gasteiger partial charge in [-0.2, -0.15) is 15.1 Å². The van der Waals surface area contributed by atoms with Crippen molar-refractivity contribution in [3.8, 4) is 23.0 Å². The molecular formula is C36H37F3N8O3. The van der Waals surface area contributed by atoms with Crippen LogP contribution in [0, 0.1) is 11.6 Å². The summed E-state index contributed by atoms with van der Waals surface area (Å²) in [5, 5.41) is 16.4. The summed E-state index contributed by atoms with van der Waals surface area (Å²) >= 11 is 0. The Bertz CT molecular complexity index is 2210. The lowest BCUT2D eigenvalue weighted by molar-refractivity contribution is 0.0820. The van der Waals surface area contributed by atoms with E-state index >= 15 is 8.78 Å². The van der Waals surface area contributed by atoms with Gasteiger partial charge in [0.15, 0.2) is 11.5 Å². The molecule has 0 aliphatic carbocycles. The van der Waals surface area contributed by atoms with E-state index in [4.69, 9.17) is 9.72 Å². The number of aromatic hydroxyl groups is 1. The Balaban J connectivity index is 1.27. The number of nitrogens with zero attached hydrogens (tertiary/aromatic N) is 8. The van der Waals surface area contributed by atoms with Crippen molar-refractivity contribution in [1.82, 2.24) is 34.5 Å². The van der Waals surface area contributed by atoms with E-state index in [-0.39, 0.29) is 47.6 Å². The first-order valence-corrected chi connectivity index (χ1v) is 16.8. The van der Waals surface area contributed by atoms with Gasteiger partial charge in [-0.3, -0.25) is 19.4 Å². The van der Waals surface area contributed by atoms with Gasteiger partial charge >= 0.3 is 6.01 Å². The Morgan fingerprint density at radius 2 is 2.00 bits per heavy atom. The highest BCUT2D eigenvalue weighted by atomic mass is 19.1. The van der Waals surface area contributed by atoms with Crippen LogP contribution in [-0.4, -0.2) is 91.0 Å². The van der Waals surface area contributed by atoms with Gasteiger partial charge in [-0.25, -0.2) is 13.2 Å². The summed E-state index contributed by atoms with van der Waals surface area (Å²) in [6.07, 6.45) is 2.89. The van der Waals surface area contributed by atoms with Crippen LogP contribution in [0.4, 0.5) is 19.0 Å². The fourth-order valence-corrected chi connectivity index (χ4v) is 8.12. The van der Waals surface area contributed by atoms with Crippen molar-refractivity contribution in [1.29, 1.82) is 0 Å². The minimum Gasteiger partial charge on any atom is -0.508 e. The van der Waals surface area contributed by atoms with E-state index in [0.29, 0.717) is 59.2 Å². The average Bonchev–Trinajstić information content (AvgIpc) is 3.84. The summed E-state index contributed by atoms with van der Waals surface area (Å²) in [6.45, 7) is 3.67. The molecule has 6 heterocycles. The molecule has 260 valence electrons. The summed E-state index contributed by atoms with van der Waals surface area (Å²) in [7, 11) is 5.10. The monoisotopic (exact) mass is 686 g/mol. The third-order valence-corrected chi connectivity index (χ3v) is 10.5. The Hall–Kier alpha value is -4.98. The standard InChI is InChI=1S/C36H37F3N8O3/c1-5-22-26(38)8-7-19-11-21(48)12-23(28(19)22)30-29(39)31-24(14-40-30)33(46-16-25-27(17-46)45(4)43-32(25)34(49)44(2)3)42-35(41-31)50-18-36-9-6-10-47(36)15-20(37)13-36/h7-8,11-12,14,20,48H,5-6,9-10,13,15-18H2,1-4H3/t20-,36+/m1/s1. The van der Waals surface area contributed by atoms with E-state index in [1.807, 2.05) is 11.8 Å². The second kappa shape index (κ2) is 11.8. The molecule has 1 N–H and O–H groups in total. The van der Waals surface area contributed by atoms with Gasteiger partial charge in [0.05, 0.1) is 23.2 Å². The van der Waals surface area contributed by atoms with Gasteiger partial charge in [-0.05, 0) is 60.3 Å². The summed E-state index contributed by atoms with van der Waals surface area (Å²) in [5.74, 6) is -1.24. The van der Waals surface area contributed by atoms with Crippen molar-refractivity contribution < 1.29 is 27.8 Å². The molecule has 3 aromatic heterocycles. The molecule has 0 spiro atoms. The number of aromatic nitrogens is 5. The molecule has 8 rings (SSSR count). The molecule has 2 saturated heterocycles. The number of phenolic OH excluding ortho intramolecular Hbond substituents is 1. The molecule has 11 nitrogen and oxygen atoms in total. The second-order valence-corrected chi connectivity index (χ2v) is 13.8. The van der Waals surface area contributed by atoms with Gasteiger partial charge in [0.1, 0.15) is 41.4 Å². The Morgan fingerprint density at radius 3 is 2.78 bits per heavy atom. The Labute approximate surface area is 286 Å². The summed E-state index contributed by atoms with van der Waals surface area (Å²) < 4.78 is 54.5. The highest BCUT2D eigenvalue weighted by Gasteiger charge is 2.49. The second-order valence-electron chi connectivity index (χ2n) is 13.8. The SMILES string of the molecule is CCc1c(F)ccc2cc(O)cc(-c3ncc4c(N5Cc6c(C(=O)N(C)C)nn(C)c6C5)nc(OC[C@@]56CCCN5C[C@H](F)C6)nc4c3F)c12. The summed E-state index contributed by atoms with van der Waals surface area (Å²) in [6, 6.07) is 5.69. The predicted molar refractivity (Wildman–Crippen MR) is 181 cm³/mol. The van der Waals surface area contributed by atoms with Crippen molar-refractivity contribution >= 4 is 33.4 Å². The van der Waals surface area contributed by atoms with Crippen LogP contribution in [0.1, 0.15) is 53.5 Å². The zero-order valence-corrected chi connectivity index (χ0v) is 28.3. The normalized spacial score (nSPS) is 20.2. The Morgan fingerprint density at radius 1 is 1.18 bits per heavy atom. The molecule has 1 amide bonds. The number of alkyl halides is 1. The maximum Gasteiger partial charge on any atom is 0.319 e. The molecule has 0 saturated carbocycles. The van der Waals surface area contributed by atoms with Gasteiger partial charge in [0.25, 0.3) is 5.91 Å². The van der Waals surface area contributed by atoms with Gasteiger partial charge in [-0.15, -0.1) is 0 Å². The lowest BCUT2D eigenvalue weighted by Gasteiger charge is -2.31. The number of hydrogen-bond acceptors (Lipinski definition) is 9. The molecule has 2 atom stereocenters. The quantitative estimate of drug-likeness (QED) is 0.244. The Kier molecular flexibility index (Phi) is 7.62. The fraction of sp³-hybridized carbons (Fsp3) is 0.417. The molecule has 14 heteroatoms. The van der Waals surface area contributed by atoms with Crippen molar-refractivity contribution in [2.24, 2.45) is 7.05 Å². The van der Waals surface area contributed by atoms with Crippen molar-refractivity contribution in [2.45, 2.75) is 57.4 Å². The smallest absolute Gasteiger partial charge is 0.319 e. The van der Waals surface area contributed by atoms with Crippen molar-refractivity contribution in [3.05, 3.63) is 64.6 Å². The molecule has 3 aliphatic rings. The summed E-state index contributed by atoms with van der Waals surface area (Å²) in [4.78, 5) is 32.4. The third-order valence-electron chi connectivity index (χ3n) is 10.5. The van der Waals surface area contributed by atoms with Gasteiger partial charge in [0.2, 0.25) is 0 Å². The van der Waals surface area contributed by atoms with Crippen LogP contribution >= 0.6 is 0 Å². The largest absolute Gasteiger partial charge is 0.508 e. The number of benzene rings is 2. The molecule has 2 aromatic carbocycles. The number of hydrogen-bond donors (Lipinski definition) is 1. The lowest BCUT2D eigenvalue weighted by Crippen LogP contribution is -2.43. The molecule has 50 heavy (non-hydrogen) atoms. The predicted octanol–water partition coefficient (Wildman–Crippen LogP) is 5.30.